The molecule has 4 nitrogen and oxygen atoms in total. The highest BCUT2D eigenvalue weighted by molar-refractivity contribution is 8.00. The topological polar surface area (TPSA) is 58.2 Å². The van der Waals surface area contributed by atoms with Crippen molar-refractivity contribution in [2.24, 2.45) is 0 Å². The quantitative estimate of drug-likeness (QED) is 0.685. The number of amides is 2. The highest BCUT2D eigenvalue weighted by Crippen LogP contribution is 2.28. The Morgan fingerprint density at radius 3 is 2.52 bits per heavy atom. The molecule has 2 aromatic carbocycles. The van der Waals surface area contributed by atoms with E-state index in [1.165, 1.54) is 11.8 Å². The molecule has 0 unspecified atom stereocenters. The van der Waals surface area contributed by atoms with E-state index in [9.17, 15) is 9.59 Å². The van der Waals surface area contributed by atoms with Gasteiger partial charge >= 0.3 is 0 Å². The van der Waals surface area contributed by atoms with Crippen LogP contribution in [0, 0.1) is 0 Å². The van der Waals surface area contributed by atoms with Crippen LogP contribution in [0.15, 0.2) is 47.4 Å². The Morgan fingerprint density at radius 1 is 1.12 bits per heavy atom. The van der Waals surface area contributed by atoms with Crippen molar-refractivity contribution in [1.29, 1.82) is 0 Å². The second-order valence-corrected chi connectivity index (χ2v) is 7.45. The molecular formula is C18H18Cl2N2O2S. The van der Waals surface area contributed by atoms with E-state index in [-0.39, 0.29) is 23.6 Å². The van der Waals surface area contributed by atoms with Gasteiger partial charge in [-0.15, -0.1) is 11.8 Å². The van der Waals surface area contributed by atoms with Crippen molar-refractivity contribution >= 4 is 52.5 Å². The molecule has 2 N–H and O–H groups in total. The fourth-order valence-corrected chi connectivity index (χ4v) is 3.38. The lowest BCUT2D eigenvalue weighted by Gasteiger charge is -2.12. The average Bonchev–Trinajstić information content (AvgIpc) is 2.55. The molecule has 0 saturated heterocycles. The molecule has 0 aliphatic rings. The maximum absolute atomic E-state index is 12.6. The van der Waals surface area contributed by atoms with Crippen LogP contribution in [0.2, 0.25) is 10.0 Å². The Morgan fingerprint density at radius 2 is 1.84 bits per heavy atom. The summed E-state index contributed by atoms with van der Waals surface area (Å²) in [6, 6.07) is 12.1. The van der Waals surface area contributed by atoms with E-state index in [4.69, 9.17) is 23.2 Å². The predicted octanol–water partition coefficient (Wildman–Crippen LogP) is 4.86. The van der Waals surface area contributed by atoms with Gasteiger partial charge in [-0.2, -0.15) is 0 Å². The first-order chi connectivity index (χ1) is 11.9. The van der Waals surface area contributed by atoms with Crippen LogP contribution in [0.3, 0.4) is 0 Å². The zero-order valence-electron chi connectivity index (χ0n) is 13.8. The van der Waals surface area contributed by atoms with Gasteiger partial charge in [-0.1, -0.05) is 35.3 Å². The maximum atomic E-state index is 12.6. The molecule has 0 bridgehead atoms. The summed E-state index contributed by atoms with van der Waals surface area (Å²) in [6.07, 6.45) is 0. The molecule has 25 heavy (non-hydrogen) atoms. The fraction of sp³-hybridized carbons (Fsp3) is 0.222. The van der Waals surface area contributed by atoms with E-state index in [1.54, 1.807) is 30.3 Å². The van der Waals surface area contributed by atoms with Crippen molar-refractivity contribution in [2.75, 3.05) is 11.1 Å². The van der Waals surface area contributed by atoms with Gasteiger partial charge < -0.3 is 10.6 Å². The molecule has 0 saturated carbocycles. The Hall–Kier alpha value is -1.69. The third-order valence-corrected chi connectivity index (χ3v) is 4.74. The summed E-state index contributed by atoms with van der Waals surface area (Å²) in [7, 11) is 0. The van der Waals surface area contributed by atoms with Crippen LogP contribution < -0.4 is 10.6 Å². The molecule has 0 radical (unpaired) electrons. The summed E-state index contributed by atoms with van der Waals surface area (Å²) < 4.78 is 0. The summed E-state index contributed by atoms with van der Waals surface area (Å²) in [4.78, 5) is 25.1. The highest BCUT2D eigenvalue weighted by Gasteiger charge is 2.14. The number of benzene rings is 2. The van der Waals surface area contributed by atoms with Crippen LogP contribution in [0.25, 0.3) is 0 Å². The van der Waals surface area contributed by atoms with Gasteiger partial charge in [-0.3, -0.25) is 9.59 Å². The second kappa shape index (κ2) is 9.13. The molecule has 2 rings (SSSR count). The molecule has 2 amide bonds. The summed E-state index contributed by atoms with van der Waals surface area (Å²) in [5.74, 6) is -0.128. The zero-order chi connectivity index (χ0) is 18.4. The molecule has 2 aromatic rings. The first-order valence-corrected chi connectivity index (χ1v) is 9.38. The monoisotopic (exact) mass is 396 g/mol. The number of carbonyl (C=O) groups excluding carboxylic acids is 2. The van der Waals surface area contributed by atoms with Crippen molar-refractivity contribution < 1.29 is 9.59 Å². The molecule has 0 spiro atoms. The van der Waals surface area contributed by atoms with Crippen LogP contribution in [0.1, 0.15) is 24.2 Å². The van der Waals surface area contributed by atoms with Gasteiger partial charge in [0.1, 0.15) is 0 Å². The largest absolute Gasteiger partial charge is 0.353 e. The molecular weight excluding hydrogens is 379 g/mol. The fourth-order valence-electron chi connectivity index (χ4n) is 2.07. The zero-order valence-corrected chi connectivity index (χ0v) is 16.1. The van der Waals surface area contributed by atoms with Gasteiger partial charge in [0, 0.05) is 16.0 Å². The summed E-state index contributed by atoms with van der Waals surface area (Å²) >= 11 is 13.3. The molecule has 0 aliphatic heterocycles. The second-order valence-electron chi connectivity index (χ2n) is 5.59. The minimum absolute atomic E-state index is 0.0732. The number of carbonyl (C=O) groups is 2. The molecule has 0 aliphatic carbocycles. The van der Waals surface area contributed by atoms with E-state index >= 15 is 0 Å². The maximum Gasteiger partial charge on any atom is 0.256 e. The standard InChI is InChI=1S/C18H18Cl2N2O2S/c1-11(2)21-17(23)10-25-16-6-4-3-5-13(16)18(24)22-15-8-7-12(19)9-14(15)20/h3-9,11H,10H2,1-2H3,(H,21,23)(H,22,24). The van der Waals surface area contributed by atoms with Gasteiger partial charge in [0.2, 0.25) is 5.91 Å². The van der Waals surface area contributed by atoms with Crippen molar-refractivity contribution in [2.45, 2.75) is 24.8 Å². The van der Waals surface area contributed by atoms with E-state index in [1.807, 2.05) is 26.0 Å². The molecule has 7 heteroatoms. The van der Waals surface area contributed by atoms with E-state index < -0.39 is 0 Å². The van der Waals surface area contributed by atoms with E-state index in [2.05, 4.69) is 10.6 Å². The number of anilines is 1. The first kappa shape index (κ1) is 19.6. The summed E-state index contributed by atoms with van der Waals surface area (Å²) in [5, 5.41) is 6.45. The molecule has 132 valence electrons. The third kappa shape index (κ3) is 5.96. The van der Waals surface area contributed by atoms with Crippen molar-refractivity contribution in [1.82, 2.24) is 5.32 Å². The Bertz CT molecular complexity index is 781. The predicted molar refractivity (Wildman–Crippen MR) is 105 cm³/mol. The van der Waals surface area contributed by atoms with Crippen LogP contribution in [0.5, 0.6) is 0 Å². The van der Waals surface area contributed by atoms with Crippen LogP contribution in [-0.2, 0) is 4.79 Å². The molecule has 0 fully saturated rings. The van der Waals surface area contributed by atoms with Crippen LogP contribution in [0.4, 0.5) is 5.69 Å². The van der Waals surface area contributed by atoms with Gasteiger partial charge in [-0.25, -0.2) is 0 Å². The summed E-state index contributed by atoms with van der Waals surface area (Å²) in [6.45, 7) is 3.81. The number of halogens is 2. The van der Waals surface area contributed by atoms with Crippen molar-refractivity contribution in [3.05, 3.63) is 58.1 Å². The van der Waals surface area contributed by atoms with Crippen molar-refractivity contribution in [3.63, 3.8) is 0 Å². The van der Waals surface area contributed by atoms with Gasteiger partial charge in [0.25, 0.3) is 5.91 Å². The lowest BCUT2D eigenvalue weighted by molar-refractivity contribution is -0.119. The van der Waals surface area contributed by atoms with Crippen molar-refractivity contribution in [3.8, 4) is 0 Å². The molecule has 0 atom stereocenters. The normalized spacial score (nSPS) is 10.6. The molecule has 0 aromatic heterocycles. The number of hydrogen-bond acceptors (Lipinski definition) is 3. The van der Waals surface area contributed by atoms with E-state index in [0.717, 1.165) is 4.90 Å². The Balaban J connectivity index is 2.10. The minimum atomic E-state index is -0.295. The van der Waals surface area contributed by atoms with E-state index in [0.29, 0.717) is 21.3 Å². The third-order valence-electron chi connectivity index (χ3n) is 3.12. The Labute approximate surface area is 161 Å². The summed E-state index contributed by atoms with van der Waals surface area (Å²) in [5.41, 5.74) is 0.962. The van der Waals surface area contributed by atoms with Crippen LogP contribution >= 0.6 is 35.0 Å². The van der Waals surface area contributed by atoms with Gasteiger partial charge in [0.05, 0.1) is 22.0 Å². The smallest absolute Gasteiger partial charge is 0.256 e. The number of nitrogens with one attached hydrogen (secondary N) is 2. The number of hydrogen-bond donors (Lipinski definition) is 2. The number of rotatable bonds is 6. The van der Waals surface area contributed by atoms with Gasteiger partial charge in [0.15, 0.2) is 0 Å². The SMILES string of the molecule is CC(C)NC(=O)CSc1ccccc1C(=O)Nc1ccc(Cl)cc1Cl. The lowest BCUT2D eigenvalue weighted by atomic mass is 10.2. The Kier molecular flexibility index (Phi) is 7.17. The number of thioether (sulfide) groups is 1. The minimum Gasteiger partial charge on any atom is -0.353 e. The average molecular weight is 397 g/mol. The molecule has 0 heterocycles. The van der Waals surface area contributed by atoms with Gasteiger partial charge in [-0.05, 0) is 44.2 Å². The highest BCUT2D eigenvalue weighted by atomic mass is 35.5. The van der Waals surface area contributed by atoms with Crippen LogP contribution in [-0.4, -0.2) is 23.6 Å². The first-order valence-electron chi connectivity index (χ1n) is 7.64. The lowest BCUT2D eigenvalue weighted by Crippen LogP contribution is -2.31.